The van der Waals surface area contributed by atoms with Crippen LogP contribution in [0.4, 0.5) is 10.5 Å². The summed E-state index contributed by atoms with van der Waals surface area (Å²) in [6, 6.07) is 11.0. The Labute approximate surface area is 114 Å². The summed E-state index contributed by atoms with van der Waals surface area (Å²) in [7, 11) is 0. The average Bonchev–Trinajstić information content (AvgIpc) is 2.40. The van der Waals surface area contributed by atoms with Crippen molar-refractivity contribution in [1.82, 2.24) is 10.3 Å². The van der Waals surface area contributed by atoms with Gasteiger partial charge in [-0.1, -0.05) is 18.2 Å². The molecule has 2 amide bonds. The van der Waals surface area contributed by atoms with Crippen LogP contribution in [0.5, 0.6) is 0 Å². The quantitative estimate of drug-likeness (QED) is 0.915. The number of rotatable bonds is 3. The topological polar surface area (TPSA) is 54.0 Å². The Hall–Kier alpha value is -1.88. The summed E-state index contributed by atoms with van der Waals surface area (Å²) in [6.45, 7) is 0.449. The molecule has 0 aliphatic carbocycles. The van der Waals surface area contributed by atoms with Crippen molar-refractivity contribution in [3.05, 3.63) is 58.8 Å². The molecule has 18 heavy (non-hydrogen) atoms. The standard InChI is InChI=1S/C13H12BrN3O/c14-11-5-1-2-6-12(11)17-13(18)16-9-10-4-3-7-15-8-10/h1-8H,9H2,(H2,16,17,18). The zero-order chi connectivity index (χ0) is 12.8. The third-order valence-electron chi connectivity index (χ3n) is 2.30. The molecule has 1 aromatic heterocycles. The number of amides is 2. The monoisotopic (exact) mass is 305 g/mol. The predicted octanol–water partition coefficient (Wildman–Crippen LogP) is 3.17. The molecule has 0 bridgehead atoms. The normalized spacial score (nSPS) is 9.83. The minimum atomic E-state index is -0.245. The number of para-hydroxylation sites is 1. The van der Waals surface area contributed by atoms with Gasteiger partial charge in [0, 0.05) is 23.4 Å². The lowest BCUT2D eigenvalue weighted by molar-refractivity contribution is 0.251. The number of halogens is 1. The molecule has 0 atom stereocenters. The van der Waals surface area contributed by atoms with Crippen molar-refractivity contribution < 1.29 is 4.79 Å². The molecule has 2 rings (SSSR count). The first-order chi connectivity index (χ1) is 8.75. The summed E-state index contributed by atoms with van der Waals surface area (Å²) in [5, 5.41) is 5.53. The number of nitrogens with zero attached hydrogens (tertiary/aromatic N) is 1. The molecule has 5 heteroatoms. The summed E-state index contributed by atoms with van der Waals surface area (Å²) in [6.07, 6.45) is 3.42. The first kappa shape index (κ1) is 12.6. The highest BCUT2D eigenvalue weighted by Gasteiger charge is 2.03. The number of hydrogen-bond acceptors (Lipinski definition) is 2. The number of benzene rings is 1. The number of pyridine rings is 1. The number of nitrogens with one attached hydrogen (secondary N) is 2. The van der Waals surface area contributed by atoms with E-state index in [1.54, 1.807) is 12.4 Å². The predicted molar refractivity (Wildman–Crippen MR) is 74.2 cm³/mol. The van der Waals surface area contributed by atoms with Crippen LogP contribution in [0.2, 0.25) is 0 Å². The van der Waals surface area contributed by atoms with E-state index >= 15 is 0 Å². The zero-order valence-corrected chi connectivity index (χ0v) is 11.1. The molecule has 2 aromatic rings. The molecule has 1 heterocycles. The Morgan fingerprint density at radius 2 is 2.06 bits per heavy atom. The van der Waals surface area contributed by atoms with Gasteiger partial charge in [0.1, 0.15) is 0 Å². The average molecular weight is 306 g/mol. The van der Waals surface area contributed by atoms with Crippen molar-refractivity contribution in [2.45, 2.75) is 6.54 Å². The van der Waals surface area contributed by atoms with Crippen LogP contribution in [-0.4, -0.2) is 11.0 Å². The van der Waals surface area contributed by atoms with E-state index in [0.717, 1.165) is 15.7 Å². The summed E-state index contributed by atoms with van der Waals surface area (Å²) in [5.41, 5.74) is 1.70. The highest BCUT2D eigenvalue weighted by Crippen LogP contribution is 2.20. The zero-order valence-electron chi connectivity index (χ0n) is 9.56. The third-order valence-corrected chi connectivity index (χ3v) is 2.99. The fourth-order valence-electron chi connectivity index (χ4n) is 1.41. The van der Waals surface area contributed by atoms with Gasteiger partial charge < -0.3 is 10.6 Å². The minimum absolute atomic E-state index is 0.245. The Kier molecular flexibility index (Phi) is 4.30. The van der Waals surface area contributed by atoms with Gasteiger partial charge >= 0.3 is 6.03 Å². The van der Waals surface area contributed by atoms with E-state index in [1.807, 2.05) is 36.4 Å². The second kappa shape index (κ2) is 6.16. The van der Waals surface area contributed by atoms with Gasteiger partial charge in [-0.2, -0.15) is 0 Å². The van der Waals surface area contributed by atoms with E-state index in [0.29, 0.717) is 6.54 Å². The van der Waals surface area contributed by atoms with Gasteiger partial charge in [0.15, 0.2) is 0 Å². The third kappa shape index (κ3) is 3.56. The van der Waals surface area contributed by atoms with Crippen LogP contribution in [0.25, 0.3) is 0 Å². The molecule has 0 aliphatic heterocycles. The summed E-state index contributed by atoms with van der Waals surface area (Å²) in [5.74, 6) is 0. The van der Waals surface area contributed by atoms with Crippen LogP contribution in [0.1, 0.15) is 5.56 Å². The van der Waals surface area contributed by atoms with Crippen LogP contribution in [0.3, 0.4) is 0 Å². The second-order valence-electron chi connectivity index (χ2n) is 3.65. The molecule has 0 unspecified atom stereocenters. The Balaban J connectivity index is 1.88. The van der Waals surface area contributed by atoms with Crippen LogP contribution in [0, 0.1) is 0 Å². The molecule has 0 saturated heterocycles. The Bertz CT molecular complexity index is 531. The number of aromatic nitrogens is 1. The van der Waals surface area contributed by atoms with Gasteiger partial charge in [0.2, 0.25) is 0 Å². The highest BCUT2D eigenvalue weighted by molar-refractivity contribution is 9.10. The van der Waals surface area contributed by atoms with Crippen molar-refractivity contribution >= 4 is 27.6 Å². The van der Waals surface area contributed by atoms with Gasteiger partial charge in [0.25, 0.3) is 0 Å². The smallest absolute Gasteiger partial charge is 0.319 e. The van der Waals surface area contributed by atoms with Gasteiger partial charge in [-0.25, -0.2) is 4.79 Å². The van der Waals surface area contributed by atoms with Crippen LogP contribution < -0.4 is 10.6 Å². The molecule has 0 spiro atoms. The summed E-state index contributed by atoms with van der Waals surface area (Å²) < 4.78 is 0.849. The summed E-state index contributed by atoms with van der Waals surface area (Å²) in [4.78, 5) is 15.7. The molecular weight excluding hydrogens is 294 g/mol. The minimum Gasteiger partial charge on any atom is -0.334 e. The number of carbonyl (C=O) groups excluding carboxylic acids is 1. The highest BCUT2D eigenvalue weighted by atomic mass is 79.9. The largest absolute Gasteiger partial charge is 0.334 e. The molecule has 4 nitrogen and oxygen atoms in total. The van der Waals surface area contributed by atoms with Crippen molar-refractivity contribution in [3.63, 3.8) is 0 Å². The fraction of sp³-hybridized carbons (Fsp3) is 0.0769. The molecular formula is C13H12BrN3O. The summed E-state index contributed by atoms with van der Waals surface area (Å²) >= 11 is 3.37. The van der Waals surface area contributed by atoms with E-state index in [-0.39, 0.29) is 6.03 Å². The van der Waals surface area contributed by atoms with Gasteiger partial charge in [0.05, 0.1) is 5.69 Å². The van der Waals surface area contributed by atoms with Crippen LogP contribution in [-0.2, 0) is 6.54 Å². The maximum Gasteiger partial charge on any atom is 0.319 e. The Morgan fingerprint density at radius 3 is 2.78 bits per heavy atom. The molecule has 0 aliphatic rings. The fourth-order valence-corrected chi connectivity index (χ4v) is 1.80. The number of urea groups is 1. The van der Waals surface area contributed by atoms with Crippen LogP contribution >= 0.6 is 15.9 Å². The maximum absolute atomic E-state index is 11.7. The van der Waals surface area contributed by atoms with Crippen molar-refractivity contribution in [2.24, 2.45) is 0 Å². The van der Waals surface area contributed by atoms with Crippen LogP contribution in [0.15, 0.2) is 53.3 Å². The van der Waals surface area contributed by atoms with E-state index in [2.05, 4.69) is 31.5 Å². The molecule has 2 N–H and O–H groups in total. The lowest BCUT2D eigenvalue weighted by Crippen LogP contribution is -2.28. The van der Waals surface area contributed by atoms with Gasteiger partial charge in [-0.05, 0) is 39.7 Å². The van der Waals surface area contributed by atoms with Crippen molar-refractivity contribution in [2.75, 3.05) is 5.32 Å². The first-order valence-electron chi connectivity index (χ1n) is 5.44. The molecule has 0 fully saturated rings. The second-order valence-corrected chi connectivity index (χ2v) is 4.50. The van der Waals surface area contributed by atoms with Crippen molar-refractivity contribution in [3.8, 4) is 0 Å². The lowest BCUT2D eigenvalue weighted by atomic mass is 10.3. The molecule has 1 aromatic carbocycles. The van der Waals surface area contributed by atoms with E-state index < -0.39 is 0 Å². The number of hydrogen-bond donors (Lipinski definition) is 2. The maximum atomic E-state index is 11.7. The van der Waals surface area contributed by atoms with E-state index in [4.69, 9.17) is 0 Å². The molecule has 0 saturated carbocycles. The SMILES string of the molecule is O=C(NCc1cccnc1)Nc1ccccc1Br. The van der Waals surface area contributed by atoms with Gasteiger partial charge in [-0.15, -0.1) is 0 Å². The Morgan fingerprint density at radius 1 is 1.22 bits per heavy atom. The number of carbonyl (C=O) groups is 1. The van der Waals surface area contributed by atoms with Gasteiger partial charge in [-0.3, -0.25) is 4.98 Å². The molecule has 0 radical (unpaired) electrons. The van der Waals surface area contributed by atoms with E-state index in [9.17, 15) is 4.79 Å². The lowest BCUT2D eigenvalue weighted by Gasteiger charge is -2.08. The molecule has 92 valence electrons. The van der Waals surface area contributed by atoms with E-state index in [1.165, 1.54) is 0 Å². The number of anilines is 1. The van der Waals surface area contributed by atoms with Crippen molar-refractivity contribution in [1.29, 1.82) is 0 Å². The first-order valence-corrected chi connectivity index (χ1v) is 6.23.